The van der Waals surface area contributed by atoms with Crippen molar-refractivity contribution in [1.29, 1.82) is 0 Å². The van der Waals surface area contributed by atoms with E-state index < -0.39 is 0 Å². The molecule has 4 heteroatoms. The zero-order valence-electron chi connectivity index (χ0n) is 10.7. The van der Waals surface area contributed by atoms with Crippen molar-refractivity contribution < 1.29 is 4.79 Å². The largest absolute Gasteiger partial charge is 0.347 e. The van der Waals surface area contributed by atoms with Gasteiger partial charge in [0.2, 0.25) is 5.91 Å². The Morgan fingerprint density at radius 3 is 2.65 bits per heavy atom. The van der Waals surface area contributed by atoms with Crippen molar-refractivity contribution in [2.75, 3.05) is 14.1 Å². The van der Waals surface area contributed by atoms with Crippen LogP contribution >= 0.6 is 15.9 Å². The van der Waals surface area contributed by atoms with Crippen molar-refractivity contribution in [3.05, 3.63) is 33.8 Å². The Morgan fingerprint density at radius 2 is 2.12 bits per heavy atom. The average molecular weight is 299 g/mol. The molecule has 0 aliphatic heterocycles. The van der Waals surface area contributed by atoms with Crippen molar-refractivity contribution in [1.82, 2.24) is 10.2 Å². The number of benzene rings is 1. The first kappa shape index (κ1) is 14.2. The van der Waals surface area contributed by atoms with Gasteiger partial charge in [-0.05, 0) is 31.0 Å². The summed E-state index contributed by atoms with van der Waals surface area (Å²) in [5.41, 5.74) is 2.39. The second kappa shape index (κ2) is 6.17. The number of likely N-dealkylation sites (N-methyl/N-ethyl adjacent to an activating group) is 1. The Kier molecular flexibility index (Phi) is 5.15. The van der Waals surface area contributed by atoms with Crippen molar-refractivity contribution in [2.45, 2.75) is 26.4 Å². The Hall–Kier alpha value is -0.870. The van der Waals surface area contributed by atoms with E-state index in [0.717, 1.165) is 4.47 Å². The van der Waals surface area contributed by atoms with E-state index in [1.54, 1.807) is 19.0 Å². The summed E-state index contributed by atoms with van der Waals surface area (Å²) in [7, 11) is 3.54. The van der Waals surface area contributed by atoms with E-state index in [1.807, 2.05) is 13.0 Å². The van der Waals surface area contributed by atoms with E-state index in [4.69, 9.17) is 0 Å². The van der Waals surface area contributed by atoms with E-state index in [2.05, 4.69) is 40.3 Å². The highest BCUT2D eigenvalue weighted by atomic mass is 79.9. The predicted octanol–water partition coefficient (Wildman–Crippen LogP) is 2.32. The van der Waals surface area contributed by atoms with Crippen LogP contribution < -0.4 is 5.32 Å². The zero-order chi connectivity index (χ0) is 13.0. The summed E-state index contributed by atoms with van der Waals surface area (Å²) in [4.78, 5) is 13.2. The van der Waals surface area contributed by atoms with Gasteiger partial charge in [0.25, 0.3) is 0 Å². The smallest absolute Gasteiger partial charge is 0.238 e. The number of hydrogen-bond donors (Lipinski definition) is 1. The molecule has 0 aliphatic carbocycles. The van der Waals surface area contributed by atoms with Gasteiger partial charge in [0.05, 0.1) is 6.04 Å². The number of amides is 1. The first-order valence-corrected chi connectivity index (χ1v) is 6.40. The van der Waals surface area contributed by atoms with Crippen molar-refractivity contribution >= 4 is 21.8 Å². The van der Waals surface area contributed by atoms with Crippen LogP contribution in [0.2, 0.25) is 0 Å². The molecule has 0 aromatic heterocycles. The van der Waals surface area contributed by atoms with E-state index in [1.165, 1.54) is 11.1 Å². The number of aryl methyl sites for hydroxylation is 1. The van der Waals surface area contributed by atoms with Crippen molar-refractivity contribution in [2.24, 2.45) is 0 Å². The molecule has 1 aromatic carbocycles. The van der Waals surface area contributed by atoms with Crippen LogP contribution in [0.15, 0.2) is 22.7 Å². The van der Waals surface area contributed by atoms with Gasteiger partial charge < -0.3 is 10.2 Å². The lowest BCUT2D eigenvalue weighted by Gasteiger charge is -2.18. The maximum absolute atomic E-state index is 11.6. The lowest BCUT2D eigenvalue weighted by Crippen LogP contribution is -2.41. The molecule has 1 unspecified atom stereocenters. The van der Waals surface area contributed by atoms with Crippen LogP contribution in [-0.2, 0) is 11.3 Å². The third-order valence-electron chi connectivity index (χ3n) is 2.65. The van der Waals surface area contributed by atoms with E-state index in [9.17, 15) is 4.79 Å². The zero-order valence-corrected chi connectivity index (χ0v) is 12.3. The number of halogens is 1. The van der Waals surface area contributed by atoms with Gasteiger partial charge in [-0.3, -0.25) is 4.79 Å². The maximum Gasteiger partial charge on any atom is 0.238 e. The standard InChI is InChI=1S/C13H19BrN2O/c1-9-7-11(5-6-12(9)14)8-15-10(2)13(17)16(3)4/h5-7,10,15H,8H2,1-4H3. The van der Waals surface area contributed by atoms with Crippen LogP contribution in [0, 0.1) is 6.92 Å². The number of carbonyl (C=O) groups excluding carboxylic acids is 1. The second-order valence-electron chi connectivity index (χ2n) is 4.42. The minimum atomic E-state index is -0.158. The van der Waals surface area contributed by atoms with E-state index >= 15 is 0 Å². The first-order chi connectivity index (χ1) is 7.91. The van der Waals surface area contributed by atoms with Crippen LogP contribution in [0.4, 0.5) is 0 Å². The molecule has 0 radical (unpaired) electrons. The predicted molar refractivity (Wildman–Crippen MR) is 73.9 cm³/mol. The number of hydrogen-bond acceptors (Lipinski definition) is 2. The van der Waals surface area contributed by atoms with Crippen LogP contribution in [0.5, 0.6) is 0 Å². The van der Waals surface area contributed by atoms with Gasteiger partial charge in [-0.25, -0.2) is 0 Å². The first-order valence-electron chi connectivity index (χ1n) is 5.61. The van der Waals surface area contributed by atoms with Gasteiger partial charge in [-0.1, -0.05) is 28.1 Å². The van der Waals surface area contributed by atoms with Crippen molar-refractivity contribution in [3.8, 4) is 0 Å². The van der Waals surface area contributed by atoms with Crippen molar-refractivity contribution in [3.63, 3.8) is 0 Å². The Bertz CT molecular complexity index is 404. The molecule has 0 heterocycles. The fraction of sp³-hybridized carbons (Fsp3) is 0.462. The fourth-order valence-electron chi connectivity index (χ4n) is 1.56. The minimum absolute atomic E-state index is 0.0961. The Balaban J connectivity index is 2.56. The van der Waals surface area contributed by atoms with Crippen LogP contribution in [0.25, 0.3) is 0 Å². The van der Waals surface area contributed by atoms with Gasteiger partial charge in [0.1, 0.15) is 0 Å². The second-order valence-corrected chi connectivity index (χ2v) is 5.27. The van der Waals surface area contributed by atoms with Crippen LogP contribution in [-0.4, -0.2) is 30.9 Å². The van der Waals surface area contributed by atoms with Gasteiger partial charge in [0.15, 0.2) is 0 Å². The van der Waals surface area contributed by atoms with Gasteiger partial charge in [0, 0.05) is 25.1 Å². The summed E-state index contributed by atoms with van der Waals surface area (Å²) < 4.78 is 1.11. The average Bonchev–Trinajstić information content (AvgIpc) is 2.29. The number of nitrogens with zero attached hydrogens (tertiary/aromatic N) is 1. The molecule has 1 amide bonds. The Labute approximate surface area is 111 Å². The normalized spacial score (nSPS) is 12.3. The molecular formula is C13H19BrN2O. The summed E-state index contributed by atoms with van der Waals surface area (Å²) in [5.74, 6) is 0.0961. The van der Waals surface area contributed by atoms with E-state index in [0.29, 0.717) is 6.54 Å². The molecule has 0 saturated heterocycles. The van der Waals surface area contributed by atoms with Crippen LogP contribution in [0.3, 0.4) is 0 Å². The molecule has 0 bridgehead atoms. The van der Waals surface area contributed by atoms with Gasteiger partial charge in [-0.15, -0.1) is 0 Å². The molecule has 1 atom stereocenters. The van der Waals surface area contributed by atoms with Gasteiger partial charge >= 0.3 is 0 Å². The fourth-order valence-corrected chi connectivity index (χ4v) is 1.81. The molecule has 3 nitrogen and oxygen atoms in total. The highest BCUT2D eigenvalue weighted by Gasteiger charge is 2.13. The quantitative estimate of drug-likeness (QED) is 0.925. The number of carbonyl (C=O) groups is 1. The summed E-state index contributed by atoms with van der Waals surface area (Å²) in [6.45, 7) is 4.64. The molecule has 0 saturated carbocycles. The molecule has 0 spiro atoms. The lowest BCUT2D eigenvalue weighted by molar-refractivity contribution is -0.130. The molecule has 0 fully saturated rings. The maximum atomic E-state index is 11.6. The monoisotopic (exact) mass is 298 g/mol. The molecular weight excluding hydrogens is 280 g/mol. The summed E-state index contributed by atoms with van der Waals surface area (Å²) in [5, 5.41) is 3.22. The highest BCUT2D eigenvalue weighted by molar-refractivity contribution is 9.10. The van der Waals surface area contributed by atoms with E-state index in [-0.39, 0.29) is 11.9 Å². The third kappa shape index (κ3) is 4.13. The molecule has 94 valence electrons. The SMILES string of the molecule is Cc1cc(CNC(C)C(=O)N(C)C)ccc1Br. The molecule has 1 aromatic rings. The molecule has 1 rings (SSSR count). The Morgan fingerprint density at radius 1 is 1.47 bits per heavy atom. The lowest BCUT2D eigenvalue weighted by atomic mass is 10.1. The topological polar surface area (TPSA) is 32.3 Å². The minimum Gasteiger partial charge on any atom is -0.347 e. The summed E-state index contributed by atoms with van der Waals surface area (Å²) in [6.07, 6.45) is 0. The molecule has 17 heavy (non-hydrogen) atoms. The summed E-state index contributed by atoms with van der Waals surface area (Å²) in [6, 6.07) is 6.04. The van der Waals surface area contributed by atoms with Gasteiger partial charge in [-0.2, -0.15) is 0 Å². The number of rotatable bonds is 4. The highest BCUT2D eigenvalue weighted by Crippen LogP contribution is 2.16. The summed E-state index contributed by atoms with van der Waals surface area (Å²) >= 11 is 3.47. The van der Waals surface area contributed by atoms with Crippen LogP contribution in [0.1, 0.15) is 18.1 Å². The third-order valence-corrected chi connectivity index (χ3v) is 3.54. The number of nitrogens with one attached hydrogen (secondary N) is 1. The molecule has 1 N–H and O–H groups in total. The molecule has 0 aliphatic rings.